The van der Waals surface area contributed by atoms with E-state index < -0.39 is 0 Å². The van der Waals surface area contributed by atoms with Gasteiger partial charge in [-0.3, -0.25) is 4.79 Å². The number of rotatable bonds is 2. The Labute approximate surface area is 101 Å². The number of benzene rings is 1. The van der Waals surface area contributed by atoms with Crippen molar-refractivity contribution in [2.75, 3.05) is 38.1 Å². The van der Waals surface area contributed by atoms with Crippen molar-refractivity contribution in [2.45, 2.75) is 0 Å². The lowest BCUT2D eigenvalue weighted by molar-refractivity contribution is 0.112. The second-order valence-electron chi connectivity index (χ2n) is 4.09. The minimum absolute atomic E-state index is 0.661. The summed E-state index contributed by atoms with van der Waals surface area (Å²) in [5.41, 5.74) is 1.56. The highest BCUT2D eigenvalue weighted by Crippen LogP contribution is 2.29. The van der Waals surface area contributed by atoms with Gasteiger partial charge in [0.2, 0.25) is 0 Å². The van der Waals surface area contributed by atoms with Crippen LogP contribution in [0.25, 0.3) is 0 Å². The summed E-state index contributed by atoms with van der Waals surface area (Å²) in [5.74, 6) is 0. The summed E-state index contributed by atoms with van der Waals surface area (Å²) in [7, 11) is 2.10. The molecule has 1 aromatic rings. The first-order valence-corrected chi connectivity index (χ1v) is 5.77. The third kappa shape index (κ3) is 2.20. The van der Waals surface area contributed by atoms with Crippen LogP contribution >= 0.6 is 11.6 Å². The van der Waals surface area contributed by atoms with E-state index in [1.165, 1.54) is 0 Å². The molecule has 0 aromatic heterocycles. The molecule has 1 heterocycles. The molecule has 0 unspecified atom stereocenters. The molecule has 86 valence electrons. The van der Waals surface area contributed by atoms with Gasteiger partial charge in [0.25, 0.3) is 0 Å². The van der Waals surface area contributed by atoms with Gasteiger partial charge < -0.3 is 9.80 Å². The molecule has 0 N–H and O–H groups in total. The molecule has 0 bridgehead atoms. The van der Waals surface area contributed by atoms with E-state index in [-0.39, 0.29) is 0 Å². The van der Waals surface area contributed by atoms with Gasteiger partial charge in [-0.2, -0.15) is 0 Å². The Morgan fingerprint density at radius 3 is 2.56 bits per heavy atom. The highest BCUT2D eigenvalue weighted by molar-refractivity contribution is 6.33. The Morgan fingerprint density at radius 1 is 1.25 bits per heavy atom. The molecule has 1 aromatic carbocycles. The largest absolute Gasteiger partial charge is 0.367 e. The van der Waals surface area contributed by atoms with Crippen LogP contribution in [-0.2, 0) is 0 Å². The molecule has 0 atom stereocenters. The fourth-order valence-electron chi connectivity index (χ4n) is 1.99. The molecule has 0 aliphatic carbocycles. The van der Waals surface area contributed by atoms with Crippen LogP contribution in [-0.4, -0.2) is 44.4 Å². The predicted octanol–water partition coefficient (Wildman–Crippen LogP) is 1.90. The summed E-state index contributed by atoms with van der Waals surface area (Å²) in [6.45, 7) is 3.84. The molecule has 0 saturated carbocycles. The van der Waals surface area contributed by atoms with Crippen LogP contribution in [0.1, 0.15) is 10.4 Å². The number of anilines is 1. The second kappa shape index (κ2) is 4.85. The van der Waals surface area contributed by atoms with Gasteiger partial charge in [0.15, 0.2) is 6.29 Å². The third-order valence-corrected chi connectivity index (χ3v) is 3.27. The summed E-state index contributed by atoms with van der Waals surface area (Å²) in [6.07, 6.45) is 0.875. The Kier molecular flexibility index (Phi) is 3.46. The van der Waals surface area contributed by atoms with Crippen LogP contribution in [0.2, 0.25) is 5.02 Å². The van der Waals surface area contributed by atoms with E-state index in [1.807, 2.05) is 18.2 Å². The molecule has 1 aliphatic heterocycles. The van der Waals surface area contributed by atoms with Gasteiger partial charge in [-0.15, -0.1) is 0 Å². The summed E-state index contributed by atoms with van der Waals surface area (Å²) < 4.78 is 0. The number of carbonyl (C=O) groups is 1. The number of nitrogens with zero attached hydrogens (tertiary/aromatic N) is 2. The van der Waals surface area contributed by atoms with Crippen LogP contribution < -0.4 is 4.90 Å². The van der Waals surface area contributed by atoms with E-state index in [2.05, 4.69) is 16.8 Å². The first-order valence-electron chi connectivity index (χ1n) is 5.39. The third-order valence-electron chi connectivity index (χ3n) is 2.96. The maximum Gasteiger partial charge on any atom is 0.152 e. The molecule has 1 saturated heterocycles. The molecular formula is C12H15ClN2O. The Hall–Kier alpha value is -1.06. The molecule has 4 heteroatoms. The van der Waals surface area contributed by atoms with Crippen LogP contribution in [0.3, 0.4) is 0 Å². The topological polar surface area (TPSA) is 23.6 Å². The molecule has 2 rings (SSSR count). The van der Waals surface area contributed by atoms with Crippen molar-refractivity contribution in [1.29, 1.82) is 0 Å². The van der Waals surface area contributed by atoms with E-state index in [9.17, 15) is 4.79 Å². The highest BCUT2D eigenvalue weighted by atomic mass is 35.5. The zero-order chi connectivity index (χ0) is 11.5. The smallest absolute Gasteiger partial charge is 0.152 e. The highest BCUT2D eigenvalue weighted by Gasteiger charge is 2.18. The average molecular weight is 239 g/mol. The number of aldehydes is 1. The van der Waals surface area contributed by atoms with Gasteiger partial charge in [-0.1, -0.05) is 17.7 Å². The van der Waals surface area contributed by atoms with Gasteiger partial charge in [0, 0.05) is 31.7 Å². The number of carbonyl (C=O) groups excluding carboxylic acids is 1. The first kappa shape index (κ1) is 11.4. The molecular weight excluding hydrogens is 224 g/mol. The first-order chi connectivity index (χ1) is 7.72. The fraction of sp³-hybridized carbons (Fsp3) is 0.417. The number of piperazine rings is 1. The molecule has 1 aliphatic rings. The SMILES string of the molecule is CN1CCN(c2c(Cl)cccc2C=O)CC1. The zero-order valence-corrected chi connectivity index (χ0v) is 10.1. The van der Waals surface area contributed by atoms with Gasteiger partial charge in [0.1, 0.15) is 0 Å². The van der Waals surface area contributed by atoms with Crippen LogP contribution in [0.15, 0.2) is 18.2 Å². The average Bonchev–Trinajstić information content (AvgIpc) is 2.30. The van der Waals surface area contributed by atoms with Crippen molar-refractivity contribution < 1.29 is 4.79 Å². The molecule has 0 spiro atoms. The summed E-state index contributed by atoms with van der Waals surface area (Å²) >= 11 is 6.16. The van der Waals surface area contributed by atoms with Crippen molar-refractivity contribution >= 4 is 23.6 Å². The molecule has 0 amide bonds. The number of hydrogen-bond donors (Lipinski definition) is 0. The lowest BCUT2D eigenvalue weighted by atomic mass is 10.1. The lowest BCUT2D eigenvalue weighted by Gasteiger charge is -2.35. The second-order valence-corrected chi connectivity index (χ2v) is 4.49. The van der Waals surface area contributed by atoms with Crippen molar-refractivity contribution in [1.82, 2.24) is 4.90 Å². The molecule has 16 heavy (non-hydrogen) atoms. The maximum atomic E-state index is 11.0. The minimum Gasteiger partial charge on any atom is -0.367 e. The molecule has 0 radical (unpaired) electrons. The monoisotopic (exact) mass is 238 g/mol. The van der Waals surface area contributed by atoms with Gasteiger partial charge in [-0.25, -0.2) is 0 Å². The van der Waals surface area contributed by atoms with Crippen LogP contribution in [0.5, 0.6) is 0 Å². The molecule has 1 fully saturated rings. The fourth-order valence-corrected chi connectivity index (χ4v) is 2.29. The summed E-state index contributed by atoms with van der Waals surface area (Å²) in [5, 5.41) is 0.661. The number of para-hydroxylation sites is 1. The standard InChI is InChI=1S/C12H15ClN2O/c1-14-5-7-15(8-6-14)12-10(9-16)3-2-4-11(12)13/h2-4,9H,5-8H2,1H3. The summed E-state index contributed by atoms with van der Waals surface area (Å²) in [6, 6.07) is 5.46. The van der Waals surface area contributed by atoms with E-state index in [1.54, 1.807) is 0 Å². The van der Waals surface area contributed by atoms with Crippen LogP contribution in [0.4, 0.5) is 5.69 Å². The van der Waals surface area contributed by atoms with Crippen molar-refractivity contribution in [3.8, 4) is 0 Å². The number of hydrogen-bond acceptors (Lipinski definition) is 3. The minimum atomic E-state index is 0.661. The Bertz CT molecular complexity index is 387. The van der Waals surface area contributed by atoms with Crippen molar-refractivity contribution in [3.05, 3.63) is 28.8 Å². The van der Waals surface area contributed by atoms with E-state index >= 15 is 0 Å². The van der Waals surface area contributed by atoms with E-state index in [0.29, 0.717) is 10.6 Å². The van der Waals surface area contributed by atoms with Crippen molar-refractivity contribution in [3.63, 3.8) is 0 Å². The molecule has 3 nitrogen and oxygen atoms in total. The van der Waals surface area contributed by atoms with Crippen molar-refractivity contribution in [2.24, 2.45) is 0 Å². The number of halogens is 1. The Balaban J connectivity index is 2.28. The quantitative estimate of drug-likeness (QED) is 0.736. The maximum absolute atomic E-state index is 11.0. The van der Waals surface area contributed by atoms with Gasteiger partial charge in [-0.05, 0) is 19.2 Å². The number of likely N-dealkylation sites (N-methyl/N-ethyl adjacent to an activating group) is 1. The van der Waals surface area contributed by atoms with Crippen LogP contribution in [0, 0.1) is 0 Å². The predicted molar refractivity (Wildman–Crippen MR) is 66.5 cm³/mol. The van der Waals surface area contributed by atoms with E-state index in [0.717, 1.165) is 38.2 Å². The van der Waals surface area contributed by atoms with E-state index in [4.69, 9.17) is 11.6 Å². The normalized spacial score (nSPS) is 17.5. The zero-order valence-electron chi connectivity index (χ0n) is 9.32. The van der Waals surface area contributed by atoms with Gasteiger partial charge >= 0.3 is 0 Å². The summed E-state index contributed by atoms with van der Waals surface area (Å²) in [4.78, 5) is 15.4. The Morgan fingerprint density at radius 2 is 1.94 bits per heavy atom. The lowest BCUT2D eigenvalue weighted by Crippen LogP contribution is -2.44. The van der Waals surface area contributed by atoms with Gasteiger partial charge in [0.05, 0.1) is 10.7 Å².